The fourth-order valence-electron chi connectivity index (χ4n) is 2.64. The quantitative estimate of drug-likeness (QED) is 0.345. The lowest BCUT2D eigenvalue weighted by atomic mass is 10.0. The van der Waals surface area contributed by atoms with Crippen molar-refractivity contribution < 1.29 is 14.3 Å². The molecular formula is C22H17Cl2NO3S. The zero-order valence-corrected chi connectivity index (χ0v) is 17.8. The lowest BCUT2D eigenvalue weighted by molar-refractivity contribution is -0.111. The maximum Gasteiger partial charge on any atom is 0.341 e. The molecule has 0 unspecified atom stereocenters. The predicted octanol–water partition coefficient (Wildman–Crippen LogP) is 6.55. The van der Waals surface area contributed by atoms with Gasteiger partial charge in [0.05, 0.1) is 6.61 Å². The molecule has 148 valence electrons. The lowest BCUT2D eigenvalue weighted by Gasteiger charge is -2.08. The topological polar surface area (TPSA) is 55.4 Å². The van der Waals surface area contributed by atoms with Gasteiger partial charge in [-0.1, -0.05) is 59.6 Å². The molecule has 0 saturated heterocycles. The van der Waals surface area contributed by atoms with Crippen LogP contribution in [0.1, 0.15) is 22.8 Å². The van der Waals surface area contributed by atoms with Gasteiger partial charge in [-0.3, -0.25) is 4.79 Å². The minimum atomic E-state index is -0.479. The van der Waals surface area contributed by atoms with Crippen LogP contribution in [0.15, 0.2) is 60.0 Å². The summed E-state index contributed by atoms with van der Waals surface area (Å²) in [5.74, 6) is -0.865. The number of hydrogen-bond donors (Lipinski definition) is 1. The molecule has 1 amide bonds. The highest BCUT2D eigenvalue weighted by molar-refractivity contribution is 7.15. The summed E-state index contributed by atoms with van der Waals surface area (Å²) in [6.45, 7) is 1.98. The number of halogens is 2. The summed E-state index contributed by atoms with van der Waals surface area (Å²) in [4.78, 5) is 25.0. The molecule has 0 aliphatic rings. The van der Waals surface area contributed by atoms with E-state index in [1.165, 1.54) is 17.4 Å². The summed E-state index contributed by atoms with van der Waals surface area (Å²) in [7, 11) is 0. The molecule has 0 aliphatic carbocycles. The van der Waals surface area contributed by atoms with Crippen molar-refractivity contribution in [1.29, 1.82) is 0 Å². The van der Waals surface area contributed by atoms with E-state index in [9.17, 15) is 9.59 Å². The number of benzene rings is 2. The van der Waals surface area contributed by atoms with Gasteiger partial charge in [-0.25, -0.2) is 4.79 Å². The zero-order valence-electron chi connectivity index (χ0n) is 15.4. The van der Waals surface area contributed by atoms with Gasteiger partial charge in [-0.05, 0) is 36.3 Å². The van der Waals surface area contributed by atoms with Crippen molar-refractivity contribution >= 4 is 57.5 Å². The summed E-state index contributed by atoms with van der Waals surface area (Å²) in [6.07, 6.45) is 2.94. The minimum Gasteiger partial charge on any atom is -0.462 e. The van der Waals surface area contributed by atoms with Gasteiger partial charge in [0.2, 0.25) is 5.91 Å². The molecule has 1 N–H and O–H groups in total. The Bertz CT molecular complexity index is 1060. The number of ether oxygens (including phenoxy) is 1. The molecule has 7 heteroatoms. The first kappa shape index (κ1) is 21.1. The van der Waals surface area contributed by atoms with Crippen molar-refractivity contribution in [1.82, 2.24) is 0 Å². The van der Waals surface area contributed by atoms with E-state index in [1.54, 1.807) is 31.2 Å². The molecular weight excluding hydrogens is 429 g/mol. The van der Waals surface area contributed by atoms with E-state index >= 15 is 0 Å². The second-order valence-electron chi connectivity index (χ2n) is 5.93. The molecule has 4 nitrogen and oxygen atoms in total. The fraction of sp³-hybridized carbons (Fsp3) is 0.0909. The molecule has 0 saturated carbocycles. The summed E-state index contributed by atoms with van der Waals surface area (Å²) < 4.78 is 5.20. The van der Waals surface area contributed by atoms with E-state index in [4.69, 9.17) is 27.9 Å². The first-order valence-corrected chi connectivity index (χ1v) is 10.4. The molecule has 0 aliphatic heterocycles. The maximum absolute atomic E-state index is 12.5. The third kappa shape index (κ3) is 5.26. The summed E-state index contributed by atoms with van der Waals surface area (Å²) in [6, 6.07) is 14.5. The highest BCUT2D eigenvalue weighted by Gasteiger charge is 2.22. The Morgan fingerprint density at radius 3 is 2.59 bits per heavy atom. The number of esters is 1. The molecule has 3 aromatic rings. The van der Waals surface area contributed by atoms with E-state index in [0.717, 1.165) is 5.56 Å². The van der Waals surface area contributed by atoms with Crippen molar-refractivity contribution in [2.24, 2.45) is 0 Å². The number of thiophene rings is 1. The predicted molar refractivity (Wildman–Crippen MR) is 120 cm³/mol. The van der Waals surface area contributed by atoms with E-state index < -0.39 is 5.97 Å². The lowest BCUT2D eigenvalue weighted by Crippen LogP contribution is -2.12. The Balaban J connectivity index is 1.86. The Morgan fingerprint density at radius 2 is 1.90 bits per heavy atom. The van der Waals surface area contributed by atoms with Crippen LogP contribution >= 0.6 is 34.5 Å². The van der Waals surface area contributed by atoms with Gasteiger partial charge in [-0.2, -0.15) is 0 Å². The van der Waals surface area contributed by atoms with Gasteiger partial charge >= 0.3 is 5.97 Å². The van der Waals surface area contributed by atoms with Crippen molar-refractivity contribution in [3.8, 4) is 11.1 Å². The van der Waals surface area contributed by atoms with Crippen LogP contribution in [0, 0.1) is 0 Å². The summed E-state index contributed by atoms with van der Waals surface area (Å²) in [5.41, 5.74) is 2.59. The van der Waals surface area contributed by atoms with Crippen molar-refractivity contribution in [2.75, 3.05) is 11.9 Å². The maximum atomic E-state index is 12.5. The number of anilines is 1. The number of rotatable bonds is 6. The third-order valence-corrected chi connectivity index (χ3v) is 5.43. The molecule has 1 heterocycles. The summed E-state index contributed by atoms with van der Waals surface area (Å²) in [5, 5.41) is 5.98. The number of hydrogen-bond acceptors (Lipinski definition) is 4. The first-order chi connectivity index (χ1) is 14.0. The van der Waals surface area contributed by atoms with Crippen LogP contribution in [0.2, 0.25) is 10.0 Å². The van der Waals surface area contributed by atoms with Crippen LogP contribution in [-0.4, -0.2) is 18.5 Å². The van der Waals surface area contributed by atoms with Crippen LogP contribution in [0.4, 0.5) is 5.00 Å². The van der Waals surface area contributed by atoms with Crippen molar-refractivity contribution in [3.63, 3.8) is 0 Å². The molecule has 0 radical (unpaired) electrons. The number of carbonyl (C=O) groups is 2. The smallest absolute Gasteiger partial charge is 0.341 e. The Kier molecular flexibility index (Phi) is 7.09. The molecule has 3 rings (SSSR count). The Hall–Kier alpha value is -2.60. The van der Waals surface area contributed by atoms with Crippen LogP contribution < -0.4 is 5.32 Å². The van der Waals surface area contributed by atoms with Gasteiger partial charge in [0.25, 0.3) is 0 Å². The van der Waals surface area contributed by atoms with Crippen LogP contribution in [0.3, 0.4) is 0 Å². The summed E-state index contributed by atoms with van der Waals surface area (Å²) >= 11 is 13.3. The molecule has 0 atom stereocenters. The zero-order chi connectivity index (χ0) is 20.8. The van der Waals surface area contributed by atoms with E-state index in [2.05, 4.69) is 5.32 Å². The number of carbonyl (C=O) groups excluding carboxylic acids is 2. The van der Waals surface area contributed by atoms with E-state index in [-0.39, 0.29) is 12.5 Å². The molecule has 0 fully saturated rings. The van der Waals surface area contributed by atoms with Gasteiger partial charge in [0.1, 0.15) is 10.6 Å². The van der Waals surface area contributed by atoms with Crippen LogP contribution in [0.25, 0.3) is 17.2 Å². The SMILES string of the molecule is CCOC(=O)c1c(-c2ccccc2)csc1NC(=O)C=Cc1ccc(Cl)cc1Cl. The van der Waals surface area contributed by atoms with Crippen LogP contribution in [-0.2, 0) is 9.53 Å². The van der Waals surface area contributed by atoms with Crippen LogP contribution in [0.5, 0.6) is 0 Å². The average molecular weight is 446 g/mol. The van der Waals surface area contributed by atoms with E-state index in [1.807, 2.05) is 35.7 Å². The second kappa shape index (κ2) is 9.74. The van der Waals surface area contributed by atoms with Crippen molar-refractivity contribution in [2.45, 2.75) is 6.92 Å². The average Bonchev–Trinajstić information content (AvgIpc) is 3.11. The van der Waals surface area contributed by atoms with E-state index in [0.29, 0.717) is 31.7 Å². The monoisotopic (exact) mass is 445 g/mol. The highest BCUT2D eigenvalue weighted by Crippen LogP contribution is 2.36. The molecule has 29 heavy (non-hydrogen) atoms. The molecule has 1 aromatic heterocycles. The molecule has 0 bridgehead atoms. The van der Waals surface area contributed by atoms with Crippen molar-refractivity contribution in [3.05, 3.63) is 81.2 Å². The standard InChI is InChI=1S/C22H17Cl2NO3S/c1-2-28-22(27)20-17(14-6-4-3-5-7-14)13-29-21(20)25-19(26)11-9-15-8-10-16(23)12-18(15)24/h3-13H,2H2,1H3,(H,25,26). The Morgan fingerprint density at radius 1 is 1.14 bits per heavy atom. The molecule has 2 aromatic carbocycles. The largest absolute Gasteiger partial charge is 0.462 e. The number of nitrogens with one attached hydrogen (secondary N) is 1. The minimum absolute atomic E-state index is 0.241. The third-order valence-electron chi connectivity index (χ3n) is 3.97. The van der Waals surface area contributed by atoms with Gasteiger partial charge in [-0.15, -0.1) is 11.3 Å². The second-order valence-corrected chi connectivity index (χ2v) is 7.65. The van der Waals surface area contributed by atoms with Gasteiger partial charge in [0, 0.05) is 27.1 Å². The van der Waals surface area contributed by atoms with Gasteiger partial charge in [0.15, 0.2) is 0 Å². The Labute approximate surface area is 182 Å². The first-order valence-electron chi connectivity index (χ1n) is 8.77. The molecule has 0 spiro atoms. The normalized spacial score (nSPS) is 10.9. The fourth-order valence-corrected chi connectivity index (χ4v) is 4.07. The highest BCUT2D eigenvalue weighted by atomic mass is 35.5. The van der Waals surface area contributed by atoms with Gasteiger partial charge < -0.3 is 10.1 Å². The number of amides is 1.